The molecular formula is C18H21N5O4. The molecule has 4 atom stereocenters. The molecule has 0 aliphatic carbocycles. The van der Waals surface area contributed by atoms with Crippen molar-refractivity contribution in [3.8, 4) is 0 Å². The highest BCUT2D eigenvalue weighted by Crippen LogP contribution is 2.32. The molecule has 3 heterocycles. The van der Waals surface area contributed by atoms with Gasteiger partial charge >= 0.3 is 0 Å². The summed E-state index contributed by atoms with van der Waals surface area (Å²) in [6, 6.07) is 8.17. The van der Waals surface area contributed by atoms with Crippen LogP contribution in [0.2, 0.25) is 0 Å². The maximum Gasteiger partial charge on any atom is 0.167 e. The van der Waals surface area contributed by atoms with E-state index in [2.05, 4.69) is 20.3 Å². The van der Waals surface area contributed by atoms with Gasteiger partial charge in [-0.3, -0.25) is 4.57 Å². The number of aryl methyl sites for hydroxylation is 1. The van der Waals surface area contributed by atoms with Gasteiger partial charge in [0.15, 0.2) is 23.2 Å². The zero-order valence-corrected chi connectivity index (χ0v) is 14.7. The van der Waals surface area contributed by atoms with E-state index in [1.165, 1.54) is 22.8 Å². The molecule has 0 spiro atoms. The normalized spacial score (nSPS) is 25.2. The van der Waals surface area contributed by atoms with Crippen LogP contribution in [0.4, 0.5) is 5.82 Å². The maximum absolute atomic E-state index is 10.2. The number of aliphatic hydroxyl groups is 3. The summed E-state index contributed by atoms with van der Waals surface area (Å²) >= 11 is 0. The molecule has 9 heteroatoms. The van der Waals surface area contributed by atoms with Gasteiger partial charge in [-0.25, -0.2) is 15.0 Å². The Balaban J connectivity index is 1.59. The minimum Gasteiger partial charge on any atom is -0.394 e. The van der Waals surface area contributed by atoms with Crippen LogP contribution in [-0.2, 0) is 11.3 Å². The molecule has 1 aromatic carbocycles. The van der Waals surface area contributed by atoms with Gasteiger partial charge in [0.05, 0.1) is 12.9 Å². The molecule has 4 N–H and O–H groups in total. The van der Waals surface area contributed by atoms with Crippen molar-refractivity contribution in [3.63, 3.8) is 0 Å². The van der Waals surface area contributed by atoms with Crippen LogP contribution in [0.1, 0.15) is 17.4 Å². The SMILES string of the molecule is Cc1ccc(CNc2ncnc3c2ncn3C2O[C@H](CO)[C@@H](O)[C@H]2O)cc1. The Morgan fingerprint density at radius 3 is 2.59 bits per heavy atom. The van der Waals surface area contributed by atoms with Crippen molar-refractivity contribution in [3.05, 3.63) is 48.0 Å². The van der Waals surface area contributed by atoms with Gasteiger partial charge in [0.2, 0.25) is 0 Å². The summed E-state index contributed by atoms with van der Waals surface area (Å²) in [5.74, 6) is 0.561. The number of nitrogens with zero attached hydrogens (tertiary/aromatic N) is 4. The van der Waals surface area contributed by atoms with E-state index >= 15 is 0 Å². The van der Waals surface area contributed by atoms with Gasteiger partial charge in [-0.1, -0.05) is 29.8 Å². The summed E-state index contributed by atoms with van der Waals surface area (Å²) in [4.78, 5) is 12.8. The number of aliphatic hydroxyl groups excluding tert-OH is 3. The fraction of sp³-hybridized carbons (Fsp3) is 0.389. The number of nitrogens with one attached hydrogen (secondary N) is 1. The molecule has 1 aliphatic rings. The second-order valence-corrected chi connectivity index (χ2v) is 6.61. The zero-order chi connectivity index (χ0) is 19.0. The number of ether oxygens (including phenoxy) is 1. The fourth-order valence-corrected chi connectivity index (χ4v) is 3.17. The Hall–Kier alpha value is -2.59. The van der Waals surface area contributed by atoms with Crippen molar-refractivity contribution in [1.82, 2.24) is 19.5 Å². The average Bonchev–Trinajstić information content (AvgIpc) is 3.23. The third-order valence-corrected chi connectivity index (χ3v) is 4.73. The monoisotopic (exact) mass is 371 g/mol. The first-order valence-corrected chi connectivity index (χ1v) is 8.68. The fourth-order valence-electron chi connectivity index (χ4n) is 3.17. The van der Waals surface area contributed by atoms with Crippen LogP contribution in [0.5, 0.6) is 0 Å². The third-order valence-electron chi connectivity index (χ3n) is 4.73. The summed E-state index contributed by atoms with van der Waals surface area (Å²) in [5.41, 5.74) is 3.30. The number of hydrogen-bond donors (Lipinski definition) is 4. The predicted molar refractivity (Wildman–Crippen MR) is 96.8 cm³/mol. The van der Waals surface area contributed by atoms with E-state index in [1.807, 2.05) is 31.2 Å². The summed E-state index contributed by atoms with van der Waals surface area (Å²) in [6.07, 6.45) is -1.24. The molecule has 27 heavy (non-hydrogen) atoms. The number of imidazole rings is 1. The minimum absolute atomic E-state index is 0.389. The molecule has 142 valence electrons. The van der Waals surface area contributed by atoms with Gasteiger partial charge in [-0.05, 0) is 12.5 Å². The number of rotatable bonds is 5. The van der Waals surface area contributed by atoms with Crippen LogP contribution in [0, 0.1) is 6.92 Å². The Morgan fingerprint density at radius 2 is 1.89 bits per heavy atom. The number of fused-ring (bicyclic) bond motifs is 1. The summed E-state index contributed by atoms with van der Waals surface area (Å²) in [5, 5.41) is 32.7. The minimum atomic E-state index is -1.20. The first kappa shape index (κ1) is 17.8. The second-order valence-electron chi connectivity index (χ2n) is 6.61. The molecule has 0 radical (unpaired) electrons. The number of anilines is 1. The van der Waals surface area contributed by atoms with Crippen LogP contribution in [0.3, 0.4) is 0 Å². The van der Waals surface area contributed by atoms with Gasteiger partial charge in [0.1, 0.15) is 24.6 Å². The Bertz CT molecular complexity index is 929. The highest BCUT2D eigenvalue weighted by atomic mass is 16.6. The number of benzene rings is 1. The van der Waals surface area contributed by atoms with Crippen LogP contribution in [0.25, 0.3) is 11.2 Å². The van der Waals surface area contributed by atoms with Crippen molar-refractivity contribution in [2.24, 2.45) is 0 Å². The van der Waals surface area contributed by atoms with Crippen molar-refractivity contribution in [2.45, 2.75) is 38.0 Å². The molecule has 3 aromatic rings. The lowest BCUT2D eigenvalue weighted by molar-refractivity contribution is -0.0511. The largest absolute Gasteiger partial charge is 0.394 e. The van der Waals surface area contributed by atoms with Crippen molar-refractivity contribution in [2.75, 3.05) is 11.9 Å². The summed E-state index contributed by atoms with van der Waals surface area (Å²) in [7, 11) is 0. The standard InChI is InChI=1S/C18H21N5O4/c1-10-2-4-11(5-3-10)6-19-16-13-17(21-8-20-16)23(9-22-13)18-15(26)14(25)12(7-24)27-18/h2-5,8-9,12,14-15,18,24-26H,6-7H2,1H3,(H,19,20,21)/t12-,14-,15-,18?/m1/s1. The highest BCUT2D eigenvalue weighted by molar-refractivity contribution is 5.82. The molecule has 0 amide bonds. The molecule has 1 fully saturated rings. The Morgan fingerprint density at radius 1 is 1.11 bits per heavy atom. The molecule has 1 unspecified atom stereocenters. The van der Waals surface area contributed by atoms with E-state index in [0.29, 0.717) is 23.5 Å². The maximum atomic E-state index is 10.2. The predicted octanol–water partition coefficient (Wildman–Crippen LogP) is 0.358. The van der Waals surface area contributed by atoms with E-state index < -0.39 is 24.5 Å². The molecular weight excluding hydrogens is 350 g/mol. The van der Waals surface area contributed by atoms with Gasteiger partial charge in [0, 0.05) is 6.54 Å². The Kier molecular flexibility index (Phi) is 4.75. The van der Waals surface area contributed by atoms with Crippen molar-refractivity contribution < 1.29 is 20.1 Å². The van der Waals surface area contributed by atoms with Crippen LogP contribution >= 0.6 is 0 Å². The van der Waals surface area contributed by atoms with Crippen LogP contribution in [-0.4, -0.2) is 59.8 Å². The van der Waals surface area contributed by atoms with Crippen LogP contribution in [0.15, 0.2) is 36.9 Å². The molecule has 0 saturated carbocycles. The van der Waals surface area contributed by atoms with Gasteiger partial charge < -0.3 is 25.4 Å². The topological polar surface area (TPSA) is 126 Å². The lowest BCUT2D eigenvalue weighted by Crippen LogP contribution is -2.33. The lowest BCUT2D eigenvalue weighted by atomic mass is 10.1. The quantitative estimate of drug-likeness (QED) is 0.507. The smallest absolute Gasteiger partial charge is 0.167 e. The third kappa shape index (κ3) is 3.26. The molecule has 4 rings (SSSR count). The molecule has 2 aromatic heterocycles. The van der Waals surface area contributed by atoms with Crippen molar-refractivity contribution >= 4 is 17.0 Å². The molecule has 0 bridgehead atoms. The van der Waals surface area contributed by atoms with Crippen molar-refractivity contribution in [1.29, 1.82) is 0 Å². The van der Waals surface area contributed by atoms with Gasteiger partial charge in [0.25, 0.3) is 0 Å². The first-order chi connectivity index (χ1) is 13.1. The second kappa shape index (κ2) is 7.20. The highest BCUT2D eigenvalue weighted by Gasteiger charge is 2.44. The molecule has 9 nitrogen and oxygen atoms in total. The van der Waals surface area contributed by atoms with Gasteiger partial charge in [-0.15, -0.1) is 0 Å². The first-order valence-electron chi connectivity index (χ1n) is 8.68. The average molecular weight is 371 g/mol. The summed E-state index contributed by atoms with van der Waals surface area (Å²) < 4.78 is 7.10. The number of hydrogen-bond acceptors (Lipinski definition) is 8. The number of aromatic nitrogens is 4. The van der Waals surface area contributed by atoms with E-state index in [1.54, 1.807) is 0 Å². The Labute approximate surface area is 155 Å². The summed E-state index contributed by atoms with van der Waals surface area (Å²) in [6.45, 7) is 2.22. The van der Waals surface area contributed by atoms with E-state index in [-0.39, 0.29) is 6.61 Å². The van der Waals surface area contributed by atoms with Gasteiger partial charge in [-0.2, -0.15) is 0 Å². The van der Waals surface area contributed by atoms with E-state index in [4.69, 9.17) is 4.74 Å². The van der Waals surface area contributed by atoms with E-state index in [9.17, 15) is 15.3 Å². The molecule has 1 aliphatic heterocycles. The van der Waals surface area contributed by atoms with Crippen LogP contribution < -0.4 is 5.32 Å². The lowest BCUT2D eigenvalue weighted by Gasteiger charge is -2.16. The van der Waals surface area contributed by atoms with E-state index in [0.717, 1.165) is 5.56 Å². The molecule has 1 saturated heterocycles. The zero-order valence-electron chi connectivity index (χ0n) is 14.7.